The van der Waals surface area contributed by atoms with Gasteiger partial charge < -0.3 is 21.1 Å². The van der Waals surface area contributed by atoms with Crippen LogP contribution in [-0.4, -0.2) is 57.7 Å². The van der Waals surface area contributed by atoms with Crippen molar-refractivity contribution >= 4 is 23.2 Å². The minimum Gasteiger partial charge on any atom is -0.388 e. The maximum Gasteiger partial charge on any atom is 0.246 e. The number of rotatable bonds is 5. The van der Waals surface area contributed by atoms with Crippen LogP contribution in [0.2, 0.25) is 0 Å². The third kappa shape index (κ3) is 4.94. The van der Waals surface area contributed by atoms with Crippen LogP contribution in [0.4, 0.5) is 4.39 Å². The van der Waals surface area contributed by atoms with E-state index in [4.69, 9.17) is 5.73 Å². The number of likely N-dealkylation sites (tertiary alicyclic amines) is 1. The van der Waals surface area contributed by atoms with E-state index in [0.717, 1.165) is 26.6 Å². The Morgan fingerprint density at radius 1 is 1.35 bits per heavy atom. The van der Waals surface area contributed by atoms with Gasteiger partial charge in [0.1, 0.15) is 12.1 Å². The number of halogens is 1. The van der Waals surface area contributed by atoms with Crippen molar-refractivity contribution in [1.29, 1.82) is 0 Å². The number of nitrogens with one attached hydrogen (secondary N) is 1. The number of hydrogen-bond donors (Lipinski definition) is 3. The molecule has 1 fully saturated rings. The van der Waals surface area contributed by atoms with Crippen molar-refractivity contribution in [1.82, 2.24) is 15.2 Å². The molecule has 0 saturated carbocycles. The zero-order valence-electron chi connectivity index (χ0n) is 18.1. The van der Waals surface area contributed by atoms with E-state index in [0.29, 0.717) is 0 Å². The van der Waals surface area contributed by atoms with Gasteiger partial charge in [-0.25, -0.2) is 9.37 Å². The second kappa shape index (κ2) is 9.02. The number of aliphatic hydroxyl groups excluding tert-OH is 1. The Kier molecular flexibility index (Phi) is 6.78. The molecular weight excluding hydrogens is 419 g/mol. The van der Waals surface area contributed by atoms with Crippen LogP contribution < -0.4 is 11.1 Å². The number of hydrogen-bond acceptors (Lipinski definition) is 6. The summed E-state index contributed by atoms with van der Waals surface area (Å²) in [5.41, 5.74) is 10.1. The number of β-amino-alcohol motifs (C(OH)–C–C–N with tert-alkyl or cyclic N) is 1. The quantitative estimate of drug-likeness (QED) is 0.649. The number of carbonyl (C=O) groups is 2. The normalized spacial score (nSPS) is 22.4. The van der Waals surface area contributed by atoms with Crippen molar-refractivity contribution in [2.24, 2.45) is 11.1 Å². The van der Waals surface area contributed by atoms with E-state index in [9.17, 15) is 19.1 Å². The Morgan fingerprint density at radius 3 is 2.55 bits per heavy atom. The number of aromatic nitrogens is 1. The zero-order valence-corrected chi connectivity index (χ0v) is 18.9. The molecule has 2 amide bonds. The van der Waals surface area contributed by atoms with Crippen molar-refractivity contribution in [3.63, 3.8) is 0 Å². The standard InChI is InChI=1S/C22H29FN4O3S/c1-12-18(31-11-26-12)14-7-5-13(6-8-14)9-25-20(29)17-16(23)15(28)10-27(17)21(30)19(24)22(2,3)4/h5-8,11,15-17,19,28H,9-10,24H2,1-4H3,(H,25,29)/t15?,16-,17?,19+/m0/s1. The molecule has 1 saturated heterocycles. The molecule has 2 aromatic rings. The lowest BCUT2D eigenvalue weighted by Crippen LogP contribution is -2.56. The summed E-state index contributed by atoms with van der Waals surface area (Å²) in [5.74, 6) is -1.20. The van der Waals surface area contributed by atoms with Gasteiger partial charge in [0.2, 0.25) is 11.8 Å². The molecule has 4 atom stereocenters. The molecule has 9 heteroatoms. The second-order valence-corrected chi connectivity index (χ2v) is 9.83. The number of aryl methyl sites for hydroxylation is 1. The molecule has 2 unspecified atom stereocenters. The minimum atomic E-state index is -1.87. The lowest BCUT2D eigenvalue weighted by Gasteiger charge is -2.32. The fourth-order valence-electron chi connectivity index (χ4n) is 3.51. The highest BCUT2D eigenvalue weighted by Crippen LogP contribution is 2.28. The van der Waals surface area contributed by atoms with Crippen molar-refractivity contribution in [3.8, 4) is 10.4 Å². The maximum atomic E-state index is 14.6. The van der Waals surface area contributed by atoms with Gasteiger partial charge in [0.05, 0.1) is 28.7 Å². The molecule has 0 aliphatic carbocycles. The first kappa shape index (κ1) is 23.3. The number of nitrogens with two attached hydrogens (primary N) is 1. The van der Waals surface area contributed by atoms with Gasteiger partial charge in [0.25, 0.3) is 0 Å². The number of nitrogens with zero attached hydrogens (tertiary/aromatic N) is 2. The van der Waals surface area contributed by atoms with Crippen LogP contribution in [0.15, 0.2) is 29.8 Å². The number of amides is 2. The molecular formula is C22H29FN4O3S. The molecule has 1 aliphatic rings. The third-order valence-corrected chi connectivity index (χ3v) is 6.55. The van der Waals surface area contributed by atoms with Crippen LogP contribution in [0, 0.1) is 12.3 Å². The third-order valence-electron chi connectivity index (χ3n) is 5.57. The van der Waals surface area contributed by atoms with E-state index in [-0.39, 0.29) is 13.1 Å². The Labute approximate surface area is 185 Å². The van der Waals surface area contributed by atoms with Gasteiger partial charge >= 0.3 is 0 Å². The molecule has 168 valence electrons. The summed E-state index contributed by atoms with van der Waals surface area (Å²) in [7, 11) is 0. The first-order valence-electron chi connectivity index (χ1n) is 10.2. The number of aliphatic hydroxyl groups is 1. The average Bonchev–Trinajstić information content (AvgIpc) is 3.28. The lowest BCUT2D eigenvalue weighted by molar-refractivity contribution is -0.142. The molecule has 2 heterocycles. The number of carbonyl (C=O) groups excluding carboxylic acids is 2. The predicted octanol–water partition coefficient (Wildman–Crippen LogP) is 2.02. The topological polar surface area (TPSA) is 109 Å². The molecule has 31 heavy (non-hydrogen) atoms. The van der Waals surface area contributed by atoms with Crippen molar-refractivity contribution < 1.29 is 19.1 Å². The van der Waals surface area contributed by atoms with Gasteiger partial charge in [-0.15, -0.1) is 11.3 Å². The first-order valence-corrected chi connectivity index (χ1v) is 11.0. The highest BCUT2D eigenvalue weighted by molar-refractivity contribution is 7.13. The van der Waals surface area contributed by atoms with Crippen LogP contribution in [0.25, 0.3) is 10.4 Å². The molecule has 1 aromatic heterocycles. The van der Waals surface area contributed by atoms with Crippen LogP contribution in [0.1, 0.15) is 32.0 Å². The molecule has 3 rings (SSSR count). The van der Waals surface area contributed by atoms with E-state index < -0.39 is 41.6 Å². The van der Waals surface area contributed by atoms with Crippen molar-refractivity contribution in [3.05, 3.63) is 41.0 Å². The summed E-state index contributed by atoms with van der Waals surface area (Å²) in [6.45, 7) is 7.24. The Hall–Kier alpha value is -2.36. The van der Waals surface area contributed by atoms with E-state index in [1.165, 1.54) is 0 Å². The first-order chi connectivity index (χ1) is 14.5. The van der Waals surface area contributed by atoms with Crippen LogP contribution in [0.3, 0.4) is 0 Å². The van der Waals surface area contributed by atoms with E-state index in [2.05, 4.69) is 10.3 Å². The number of benzene rings is 1. The van der Waals surface area contributed by atoms with E-state index in [1.54, 1.807) is 37.6 Å². The SMILES string of the molecule is Cc1ncsc1-c1ccc(CNC(=O)C2[C@@H](F)C(O)CN2C(=O)[C@@H](N)C(C)(C)C)cc1. The zero-order chi connectivity index (χ0) is 22.9. The minimum absolute atomic E-state index is 0.174. The summed E-state index contributed by atoms with van der Waals surface area (Å²) in [5, 5.41) is 12.6. The van der Waals surface area contributed by atoms with Crippen LogP contribution >= 0.6 is 11.3 Å². The fraction of sp³-hybridized carbons (Fsp3) is 0.500. The molecule has 0 radical (unpaired) electrons. The second-order valence-electron chi connectivity index (χ2n) is 8.97. The highest BCUT2D eigenvalue weighted by atomic mass is 32.1. The van der Waals surface area contributed by atoms with E-state index >= 15 is 0 Å². The van der Waals surface area contributed by atoms with Gasteiger partial charge in [-0.1, -0.05) is 45.0 Å². The maximum absolute atomic E-state index is 14.6. The fourth-order valence-corrected chi connectivity index (χ4v) is 4.32. The Balaban J connectivity index is 1.68. The smallest absolute Gasteiger partial charge is 0.246 e. The van der Waals surface area contributed by atoms with Crippen LogP contribution in [-0.2, 0) is 16.1 Å². The summed E-state index contributed by atoms with van der Waals surface area (Å²) in [4.78, 5) is 31.9. The molecule has 7 nitrogen and oxygen atoms in total. The number of thiazole rings is 1. The average molecular weight is 449 g/mol. The largest absolute Gasteiger partial charge is 0.388 e. The number of alkyl halides is 1. The predicted molar refractivity (Wildman–Crippen MR) is 118 cm³/mol. The summed E-state index contributed by atoms with van der Waals surface area (Å²) < 4.78 is 14.6. The highest BCUT2D eigenvalue weighted by Gasteiger charge is 2.49. The van der Waals surface area contributed by atoms with Gasteiger partial charge in [-0.05, 0) is 23.5 Å². The molecule has 0 bridgehead atoms. The Bertz CT molecular complexity index is 941. The molecule has 1 aliphatic heterocycles. The van der Waals surface area contributed by atoms with Gasteiger partial charge in [-0.3, -0.25) is 9.59 Å². The van der Waals surface area contributed by atoms with Crippen molar-refractivity contribution in [2.75, 3.05) is 6.54 Å². The van der Waals surface area contributed by atoms with E-state index in [1.807, 2.05) is 31.2 Å². The summed E-state index contributed by atoms with van der Waals surface area (Å²) in [6, 6.07) is 5.32. The van der Waals surface area contributed by atoms with Gasteiger partial charge in [-0.2, -0.15) is 0 Å². The van der Waals surface area contributed by atoms with Gasteiger partial charge in [0.15, 0.2) is 6.17 Å². The monoisotopic (exact) mass is 448 g/mol. The summed E-state index contributed by atoms with van der Waals surface area (Å²) >= 11 is 1.56. The molecule has 1 aromatic carbocycles. The summed E-state index contributed by atoms with van der Waals surface area (Å²) in [6.07, 6.45) is -3.29. The molecule has 4 N–H and O–H groups in total. The van der Waals surface area contributed by atoms with Crippen LogP contribution in [0.5, 0.6) is 0 Å². The molecule has 0 spiro atoms. The van der Waals surface area contributed by atoms with Gasteiger partial charge in [0, 0.05) is 6.54 Å². The lowest BCUT2D eigenvalue weighted by atomic mass is 9.86. The van der Waals surface area contributed by atoms with Crippen molar-refractivity contribution in [2.45, 2.75) is 58.6 Å². The Morgan fingerprint density at radius 2 is 2.00 bits per heavy atom.